The highest BCUT2D eigenvalue weighted by atomic mass is 19.1. The van der Waals surface area contributed by atoms with Crippen LogP contribution >= 0.6 is 0 Å². The van der Waals surface area contributed by atoms with E-state index in [0.717, 1.165) is 11.1 Å². The van der Waals surface area contributed by atoms with Crippen LogP contribution < -0.4 is 16.2 Å². The van der Waals surface area contributed by atoms with Gasteiger partial charge >= 0.3 is 0 Å². The number of benzene rings is 2. The average Bonchev–Trinajstić information content (AvgIpc) is 2.46. The normalized spacial score (nSPS) is 10.5. The molecular formula is C15H15FN4O. The van der Waals surface area contributed by atoms with Gasteiger partial charge in [-0.15, -0.1) is 5.10 Å². The SMILES string of the molecule is NC(N)=NN=Cc1cccc(COc2ccccc2F)c1. The number of guanidine groups is 1. The van der Waals surface area contributed by atoms with E-state index in [1.54, 1.807) is 18.2 Å². The molecule has 2 aromatic rings. The third-order valence-corrected chi connectivity index (χ3v) is 2.56. The molecule has 108 valence electrons. The van der Waals surface area contributed by atoms with Crippen molar-refractivity contribution >= 4 is 12.2 Å². The van der Waals surface area contributed by atoms with Gasteiger partial charge in [-0.05, 0) is 29.3 Å². The van der Waals surface area contributed by atoms with Crippen LogP contribution in [0.2, 0.25) is 0 Å². The van der Waals surface area contributed by atoms with Crippen molar-refractivity contribution in [3.8, 4) is 5.75 Å². The predicted molar refractivity (Wildman–Crippen MR) is 80.6 cm³/mol. The molecular weight excluding hydrogens is 271 g/mol. The Balaban J connectivity index is 2.03. The number of para-hydroxylation sites is 1. The number of nitrogens with two attached hydrogens (primary N) is 2. The predicted octanol–water partition coefficient (Wildman–Crippen LogP) is 2.01. The summed E-state index contributed by atoms with van der Waals surface area (Å²) in [7, 11) is 0. The zero-order valence-corrected chi connectivity index (χ0v) is 11.2. The molecule has 0 bridgehead atoms. The maximum atomic E-state index is 13.4. The van der Waals surface area contributed by atoms with Gasteiger partial charge in [0.15, 0.2) is 11.6 Å². The van der Waals surface area contributed by atoms with Crippen molar-refractivity contribution in [3.63, 3.8) is 0 Å². The quantitative estimate of drug-likeness (QED) is 0.501. The minimum atomic E-state index is -0.386. The Hall–Kier alpha value is -2.89. The topological polar surface area (TPSA) is 86.0 Å². The van der Waals surface area contributed by atoms with Gasteiger partial charge in [-0.2, -0.15) is 5.10 Å². The Morgan fingerprint density at radius 2 is 1.95 bits per heavy atom. The summed E-state index contributed by atoms with van der Waals surface area (Å²) in [6, 6.07) is 13.7. The van der Waals surface area contributed by atoms with Gasteiger partial charge in [0.2, 0.25) is 5.96 Å². The Labute approximate surface area is 121 Å². The minimum Gasteiger partial charge on any atom is -0.486 e. The van der Waals surface area contributed by atoms with E-state index in [-0.39, 0.29) is 24.1 Å². The third kappa shape index (κ3) is 4.61. The molecule has 0 aliphatic carbocycles. The van der Waals surface area contributed by atoms with Crippen molar-refractivity contribution in [1.29, 1.82) is 0 Å². The maximum Gasteiger partial charge on any atom is 0.211 e. The zero-order valence-electron chi connectivity index (χ0n) is 11.2. The molecule has 0 saturated heterocycles. The highest BCUT2D eigenvalue weighted by molar-refractivity contribution is 5.81. The molecule has 4 N–H and O–H groups in total. The molecule has 0 saturated carbocycles. The molecule has 2 aromatic carbocycles. The highest BCUT2D eigenvalue weighted by Crippen LogP contribution is 2.17. The molecule has 5 nitrogen and oxygen atoms in total. The fraction of sp³-hybridized carbons (Fsp3) is 0.0667. The van der Waals surface area contributed by atoms with Crippen molar-refractivity contribution in [1.82, 2.24) is 0 Å². The second-order valence-electron chi connectivity index (χ2n) is 4.23. The second kappa shape index (κ2) is 7.04. The summed E-state index contributed by atoms with van der Waals surface area (Å²) in [6.45, 7) is 0.255. The van der Waals surface area contributed by atoms with Crippen LogP contribution in [-0.2, 0) is 6.61 Å². The van der Waals surface area contributed by atoms with Gasteiger partial charge in [0.25, 0.3) is 0 Å². The smallest absolute Gasteiger partial charge is 0.211 e. The molecule has 0 spiro atoms. The van der Waals surface area contributed by atoms with E-state index in [4.69, 9.17) is 16.2 Å². The number of nitrogens with zero attached hydrogens (tertiary/aromatic N) is 2. The van der Waals surface area contributed by atoms with Crippen LogP contribution in [-0.4, -0.2) is 12.2 Å². The van der Waals surface area contributed by atoms with Crippen LogP contribution in [0.15, 0.2) is 58.7 Å². The first kappa shape index (κ1) is 14.5. The van der Waals surface area contributed by atoms with Gasteiger partial charge in [0, 0.05) is 0 Å². The maximum absolute atomic E-state index is 13.4. The number of hydrogen-bond donors (Lipinski definition) is 2. The van der Waals surface area contributed by atoms with Crippen molar-refractivity contribution in [3.05, 3.63) is 65.5 Å². The van der Waals surface area contributed by atoms with Gasteiger partial charge in [-0.1, -0.05) is 30.3 Å². The first-order valence-corrected chi connectivity index (χ1v) is 6.23. The number of rotatable bonds is 5. The largest absolute Gasteiger partial charge is 0.486 e. The van der Waals surface area contributed by atoms with Crippen LogP contribution in [0.4, 0.5) is 4.39 Å². The summed E-state index contributed by atoms with van der Waals surface area (Å²) in [6.07, 6.45) is 1.52. The van der Waals surface area contributed by atoms with Crippen LogP contribution in [0.1, 0.15) is 11.1 Å². The molecule has 6 heteroatoms. The lowest BCUT2D eigenvalue weighted by Crippen LogP contribution is -2.21. The van der Waals surface area contributed by atoms with E-state index in [0.29, 0.717) is 0 Å². The van der Waals surface area contributed by atoms with Gasteiger partial charge in [0.05, 0.1) is 6.21 Å². The summed E-state index contributed by atoms with van der Waals surface area (Å²) in [5, 5.41) is 7.24. The van der Waals surface area contributed by atoms with E-state index in [9.17, 15) is 4.39 Å². The van der Waals surface area contributed by atoms with Crippen LogP contribution in [0, 0.1) is 5.82 Å². The number of hydrogen-bond acceptors (Lipinski definition) is 3. The average molecular weight is 286 g/mol. The third-order valence-electron chi connectivity index (χ3n) is 2.56. The molecule has 0 radical (unpaired) electrons. The van der Waals surface area contributed by atoms with Crippen molar-refractivity contribution in [2.75, 3.05) is 0 Å². The number of halogens is 1. The van der Waals surface area contributed by atoms with E-state index >= 15 is 0 Å². The molecule has 0 fully saturated rings. The summed E-state index contributed by atoms with van der Waals surface area (Å²) in [5.74, 6) is -0.273. The van der Waals surface area contributed by atoms with Crippen molar-refractivity contribution < 1.29 is 9.13 Å². The number of ether oxygens (including phenoxy) is 1. The van der Waals surface area contributed by atoms with Gasteiger partial charge in [0.1, 0.15) is 6.61 Å². The monoisotopic (exact) mass is 286 g/mol. The van der Waals surface area contributed by atoms with E-state index in [1.807, 2.05) is 24.3 Å². The fourth-order valence-electron chi connectivity index (χ4n) is 1.65. The lowest BCUT2D eigenvalue weighted by Gasteiger charge is -2.07. The highest BCUT2D eigenvalue weighted by Gasteiger charge is 2.02. The fourth-order valence-corrected chi connectivity index (χ4v) is 1.65. The Kier molecular flexibility index (Phi) is 4.87. The van der Waals surface area contributed by atoms with Crippen LogP contribution in [0.3, 0.4) is 0 Å². The van der Waals surface area contributed by atoms with Gasteiger partial charge < -0.3 is 16.2 Å². The molecule has 2 rings (SSSR count). The molecule has 0 aliphatic rings. The molecule has 0 amide bonds. The Morgan fingerprint density at radius 3 is 2.71 bits per heavy atom. The first-order valence-electron chi connectivity index (χ1n) is 6.23. The minimum absolute atomic E-state index is 0.106. The summed E-state index contributed by atoms with van der Waals surface area (Å²) in [5.41, 5.74) is 12.0. The van der Waals surface area contributed by atoms with Crippen LogP contribution in [0.5, 0.6) is 5.75 Å². The van der Waals surface area contributed by atoms with Gasteiger partial charge in [-0.25, -0.2) is 4.39 Å². The molecule has 21 heavy (non-hydrogen) atoms. The standard InChI is InChI=1S/C15H15FN4O/c16-13-6-1-2-7-14(13)21-10-12-5-3-4-11(8-12)9-19-20-15(17)18/h1-9H,10H2,(H4,17,18,20). The van der Waals surface area contributed by atoms with Crippen molar-refractivity contribution in [2.24, 2.45) is 21.7 Å². The summed E-state index contributed by atoms with van der Waals surface area (Å²) < 4.78 is 18.9. The second-order valence-corrected chi connectivity index (χ2v) is 4.23. The first-order chi connectivity index (χ1) is 10.1. The van der Waals surface area contributed by atoms with Gasteiger partial charge in [-0.3, -0.25) is 0 Å². The zero-order chi connectivity index (χ0) is 15.1. The lowest BCUT2D eigenvalue weighted by molar-refractivity contribution is 0.290. The molecule has 0 heterocycles. The van der Waals surface area contributed by atoms with E-state index in [2.05, 4.69) is 10.2 Å². The molecule has 0 aromatic heterocycles. The summed E-state index contributed by atoms with van der Waals surface area (Å²) in [4.78, 5) is 0. The van der Waals surface area contributed by atoms with Crippen molar-refractivity contribution in [2.45, 2.75) is 6.61 Å². The van der Waals surface area contributed by atoms with E-state index < -0.39 is 0 Å². The Bertz CT molecular complexity index is 666. The van der Waals surface area contributed by atoms with E-state index in [1.165, 1.54) is 12.3 Å². The Morgan fingerprint density at radius 1 is 1.14 bits per heavy atom. The van der Waals surface area contributed by atoms with Crippen LogP contribution in [0.25, 0.3) is 0 Å². The lowest BCUT2D eigenvalue weighted by atomic mass is 10.1. The molecule has 0 unspecified atom stereocenters. The molecule has 0 atom stereocenters. The summed E-state index contributed by atoms with van der Waals surface area (Å²) >= 11 is 0. The molecule has 0 aliphatic heterocycles.